The third-order valence-electron chi connectivity index (χ3n) is 4.99. The summed E-state index contributed by atoms with van der Waals surface area (Å²) >= 11 is 1.34. The highest BCUT2D eigenvalue weighted by Gasteiger charge is 2.30. The van der Waals surface area contributed by atoms with Crippen LogP contribution in [0.5, 0.6) is 0 Å². The maximum Gasteiger partial charge on any atom is 0.259 e. The van der Waals surface area contributed by atoms with Crippen LogP contribution in [0.4, 0.5) is 10.8 Å². The zero-order valence-corrected chi connectivity index (χ0v) is 16.8. The highest BCUT2D eigenvalue weighted by molar-refractivity contribution is 7.14. The van der Waals surface area contributed by atoms with Crippen molar-refractivity contribution in [2.24, 2.45) is 5.92 Å². The lowest BCUT2D eigenvalue weighted by Crippen LogP contribution is -2.19. The van der Waals surface area contributed by atoms with Gasteiger partial charge >= 0.3 is 0 Å². The molecular weight excluding hydrogens is 396 g/mol. The van der Waals surface area contributed by atoms with E-state index >= 15 is 0 Å². The number of anilines is 2. The highest BCUT2D eigenvalue weighted by Crippen LogP contribution is 2.32. The predicted octanol–water partition coefficient (Wildman–Crippen LogP) is 4.96. The fourth-order valence-corrected chi connectivity index (χ4v) is 3.94. The Morgan fingerprint density at radius 1 is 0.933 bits per heavy atom. The van der Waals surface area contributed by atoms with Gasteiger partial charge in [0.15, 0.2) is 5.13 Å². The summed E-state index contributed by atoms with van der Waals surface area (Å²) in [7, 11) is 0. The summed E-state index contributed by atoms with van der Waals surface area (Å²) in [4.78, 5) is 34.2. The Kier molecular flexibility index (Phi) is 4.72. The Hall–Kier alpha value is -3.58. The average molecular weight is 414 g/mol. The summed E-state index contributed by atoms with van der Waals surface area (Å²) in [5.74, 6) is -0.299. The van der Waals surface area contributed by atoms with E-state index in [1.54, 1.807) is 12.3 Å². The van der Waals surface area contributed by atoms with Gasteiger partial charge in [-0.05, 0) is 47.9 Å². The van der Waals surface area contributed by atoms with Gasteiger partial charge in [0.2, 0.25) is 5.91 Å². The van der Waals surface area contributed by atoms with Gasteiger partial charge in [-0.2, -0.15) is 0 Å². The number of hydrogen-bond acceptors (Lipinski definition) is 5. The van der Waals surface area contributed by atoms with Crippen molar-refractivity contribution in [2.45, 2.75) is 12.8 Å². The molecule has 2 N–H and O–H groups in total. The van der Waals surface area contributed by atoms with Crippen LogP contribution in [-0.4, -0.2) is 21.8 Å². The minimum Gasteiger partial charge on any atom is -0.325 e. The lowest BCUT2D eigenvalue weighted by molar-refractivity contribution is -0.117. The van der Waals surface area contributed by atoms with Crippen molar-refractivity contribution in [2.75, 3.05) is 10.6 Å². The first kappa shape index (κ1) is 18.4. The smallest absolute Gasteiger partial charge is 0.259 e. The molecule has 0 saturated heterocycles. The molecule has 7 heteroatoms. The van der Waals surface area contributed by atoms with E-state index in [4.69, 9.17) is 0 Å². The van der Waals surface area contributed by atoms with Crippen molar-refractivity contribution >= 4 is 44.7 Å². The number of pyridine rings is 1. The average Bonchev–Trinajstić information content (AvgIpc) is 3.53. The SMILES string of the molecule is O=C(Nc1nc(-c2ccccn2)cs1)c1cc2ccccc2cc1NC(=O)C1CC1. The minimum absolute atomic E-state index is 0.0361. The van der Waals surface area contributed by atoms with Crippen LogP contribution < -0.4 is 10.6 Å². The van der Waals surface area contributed by atoms with E-state index < -0.39 is 0 Å². The topological polar surface area (TPSA) is 84.0 Å². The number of nitrogens with one attached hydrogen (secondary N) is 2. The standard InChI is InChI=1S/C23H18N4O2S/c28-21(14-8-9-14)25-19-12-16-6-2-1-5-15(16)11-17(19)22(29)27-23-26-20(13-30-23)18-7-3-4-10-24-18/h1-7,10-14H,8-9H2,(H,25,28)(H,26,27,29). The highest BCUT2D eigenvalue weighted by atomic mass is 32.1. The number of aromatic nitrogens is 2. The number of nitrogens with zero attached hydrogens (tertiary/aromatic N) is 2. The molecule has 0 atom stereocenters. The minimum atomic E-state index is -0.311. The maximum atomic E-state index is 13.1. The quantitative estimate of drug-likeness (QED) is 0.483. The van der Waals surface area contributed by atoms with Gasteiger partial charge in [0.1, 0.15) is 5.69 Å². The first-order chi connectivity index (χ1) is 14.7. The van der Waals surface area contributed by atoms with Gasteiger partial charge in [-0.1, -0.05) is 30.3 Å². The second-order valence-corrected chi connectivity index (χ2v) is 8.07. The fourth-order valence-electron chi connectivity index (χ4n) is 3.24. The Labute approximate surface area is 177 Å². The van der Waals surface area contributed by atoms with Gasteiger partial charge < -0.3 is 5.32 Å². The largest absolute Gasteiger partial charge is 0.325 e. The second-order valence-electron chi connectivity index (χ2n) is 7.22. The van der Waals surface area contributed by atoms with Crippen molar-refractivity contribution in [3.8, 4) is 11.4 Å². The molecule has 2 heterocycles. The molecule has 148 valence electrons. The van der Waals surface area contributed by atoms with Crippen molar-refractivity contribution in [3.63, 3.8) is 0 Å². The molecule has 1 aliphatic rings. The lowest BCUT2D eigenvalue weighted by Gasteiger charge is -2.12. The van der Waals surface area contributed by atoms with Gasteiger partial charge in [0.05, 0.1) is 16.9 Å². The van der Waals surface area contributed by atoms with Crippen molar-refractivity contribution < 1.29 is 9.59 Å². The van der Waals surface area contributed by atoms with E-state index in [-0.39, 0.29) is 17.7 Å². The van der Waals surface area contributed by atoms with Crippen LogP contribution in [0, 0.1) is 5.92 Å². The molecule has 0 spiro atoms. The van der Waals surface area contributed by atoms with Gasteiger partial charge in [-0.15, -0.1) is 11.3 Å². The molecule has 0 aliphatic heterocycles. The molecule has 4 aromatic rings. The number of carbonyl (C=O) groups excluding carboxylic acids is 2. The summed E-state index contributed by atoms with van der Waals surface area (Å²) in [5.41, 5.74) is 2.39. The molecule has 2 amide bonds. The normalized spacial score (nSPS) is 13.2. The van der Waals surface area contributed by atoms with Crippen LogP contribution in [0.1, 0.15) is 23.2 Å². The Bertz CT molecular complexity index is 1250. The van der Waals surface area contributed by atoms with Crippen LogP contribution in [0.25, 0.3) is 22.2 Å². The second kappa shape index (κ2) is 7.68. The molecular formula is C23H18N4O2S. The molecule has 0 bridgehead atoms. The van der Waals surface area contributed by atoms with Crippen molar-refractivity contribution in [1.29, 1.82) is 0 Å². The molecule has 6 nitrogen and oxygen atoms in total. The third kappa shape index (κ3) is 3.79. The number of benzene rings is 2. The Morgan fingerprint density at radius 3 is 2.43 bits per heavy atom. The number of rotatable bonds is 5. The van der Waals surface area contributed by atoms with Gasteiger partial charge in [0.25, 0.3) is 5.91 Å². The molecule has 0 unspecified atom stereocenters. The monoisotopic (exact) mass is 414 g/mol. The van der Waals surface area contributed by atoms with E-state index in [2.05, 4.69) is 20.6 Å². The van der Waals surface area contributed by atoms with Gasteiger partial charge in [-0.3, -0.25) is 19.9 Å². The first-order valence-electron chi connectivity index (χ1n) is 9.69. The van der Waals surface area contributed by atoms with Crippen LogP contribution in [0.15, 0.2) is 66.2 Å². The third-order valence-corrected chi connectivity index (χ3v) is 5.75. The number of hydrogen-bond donors (Lipinski definition) is 2. The zero-order valence-electron chi connectivity index (χ0n) is 16.0. The van der Waals surface area contributed by atoms with Crippen LogP contribution in [-0.2, 0) is 4.79 Å². The summed E-state index contributed by atoms with van der Waals surface area (Å²) in [6.07, 6.45) is 3.50. The molecule has 1 aliphatic carbocycles. The number of carbonyl (C=O) groups is 2. The molecule has 0 radical (unpaired) electrons. The van der Waals surface area contributed by atoms with Gasteiger partial charge in [0, 0.05) is 17.5 Å². The molecule has 1 saturated carbocycles. The molecule has 2 aromatic heterocycles. The predicted molar refractivity (Wildman–Crippen MR) is 119 cm³/mol. The van der Waals surface area contributed by atoms with E-state index in [1.165, 1.54) is 11.3 Å². The fraction of sp³-hybridized carbons (Fsp3) is 0.130. The van der Waals surface area contributed by atoms with Crippen LogP contribution >= 0.6 is 11.3 Å². The van der Waals surface area contributed by atoms with E-state index in [0.717, 1.165) is 29.3 Å². The van der Waals surface area contributed by atoms with Crippen molar-refractivity contribution in [1.82, 2.24) is 9.97 Å². The zero-order chi connectivity index (χ0) is 20.5. The first-order valence-corrected chi connectivity index (χ1v) is 10.6. The Morgan fingerprint density at radius 2 is 1.70 bits per heavy atom. The van der Waals surface area contributed by atoms with E-state index in [1.807, 2.05) is 53.9 Å². The van der Waals surface area contributed by atoms with Gasteiger partial charge in [-0.25, -0.2) is 4.98 Å². The Balaban J connectivity index is 1.44. The molecule has 2 aromatic carbocycles. The summed E-state index contributed by atoms with van der Waals surface area (Å²) in [6.45, 7) is 0. The summed E-state index contributed by atoms with van der Waals surface area (Å²) < 4.78 is 0. The molecule has 30 heavy (non-hydrogen) atoms. The molecule has 5 rings (SSSR count). The van der Waals surface area contributed by atoms with E-state index in [9.17, 15) is 9.59 Å². The van der Waals surface area contributed by atoms with Crippen LogP contribution in [0.2, 0.25) is 0 Å². The summed E-state index contributed by atoms with van der Waals surface area (Å²) in [6, 6.07) is 17.0. The summed E-state index contributed by atoms with van der Waals surface area (Å²) in [5, 5.41) is 10.0. The van der Waals surface area contributed by atoms with E-state index in [0.29, 0.717) is 22.1 Å². The number of amides is 2. The number of thiazole rings is 1. The van der Waals surface area contributed by atoms with Crippen molar-refractivity contribution in [3.05, 3.63) is 71.7 Å². The number of fused-ring (bicyclic) bond motifs is 1. The van der Waals surface area contributed by atoms with Crippen LogP contribution in [0.3, 0.4) is 0 Å². The molecule has 1 fully saturated rings. The lowest BCUT2D eigenvalue weighted by atomic mass is 10.0. The maximum absolute atomic E-state index is 13.1.